The van der Waals surface area contributed by atoms with Gasteiger partial charge in [0.15, 0.2) is 0 Å². The van der Waals surface area contributed by atoms with E-state index in [4.69, 9.17) is 19.5 Å². The van der Waals surface area contributed by atoms with Gasteiger partial charge in [-0.1, -0.05) is 44.2 Å². The van der Waals surface area contributed by atoms with E-state index in [-0.39, 0.29) is 17.7 Å². The minimum absolute atomic E-state index is 0.0359. The van der Waals surface area contributed by atoms with Crippen molar-refractivity contribution in [3.8, 4) is 5.75 Å². The van der Waals surface area contributed by atoms with Gasteiger partial charge in [0, 0.05) is 56.6 Å². The summed E-state index contributed by atoms with van der Waals surface area (Å²) in [7, 11) is 1.65. The van der Waals surface area contributed by atoms with Crippen LogP contribution in [0.25, 0.3) is 10.9 Å². The number of aliphatic hydroxyl groups is 1. The second-order valence-electron chi connectivity index (χ2n) is 12.7. The third-order valence-electron chi connectivity index (χ3n) is 7.36. The SMILES string of the molecule is COc1ccc2c(NC3CCN(Cc4ccccc4)CC3)nc(NCCNC(=O)CC(C)(C)CC(C)(C)O)nc2c1.NC=O. The molecular formula is C33H49N7O4. The third-order valence-corrected chi connectivity index (χ3v) is 7.36. The summed E-state index contributed by atoms with van der Waals surface area (Å²) in [5.41, 5.74) is 5.20. The van der Waals surface area contributed by atoms with Crippen LogP contribution >= 0.6 is 0 Å². The zero-order valence-corrected chi connectivity index (χ0v) is 26.7. The van der Waals surface area contributed by atoms with E-state index in [0.29, 0.717) is 37.9 Å². The smallest absolute Gasteiger partial charge is 0.225 e. The van der Waals surface area contributed by atoms with Crippen molar-refractivity contribution in [2.45, 2.75) is 71.6 Å². The largest absolute Gasteiger partial charge is 0.497 e. The molecule has 1 saturated heterocycles. The molecule has 0 aliphatic carbocycles. The molecule has 2 aromatic carbocycles. The predicted molar refractivity (Wildman–Crippen MR) is 176 cm³/mol. The number of rotatable bonds is 13. The van der Waals surface area contributed by atoms with Crippen LogP contribution in [-0.4, -0.2) is 77.2 Å². The molecule has 240 valence electrons. The summed E-state index contributed by atoms with van der Waals surface area (Å²) >= 11 is 0. The lowest BCUT2D eigenvalue weighted by molar-refractivity contribution is -0.123. The number of piperidine rings is 1. The van der Waals surface area contributed by atoms with E-state index in [9.17, 15) is 9.90 Å². The summed E-state index contributed by atoms with van der Waals surface area (Å²) in [6, 6.07) is 16.8. The van der Waals surface area contributed by atoms with E-state index in [2.05, 4.69) is 56.9 Å². The minimum atomic E-state index is -0.813. The number of primary amides is 1. The van der Waals surface area contributed by atoms with Crippen molar-refractivity contribution >= 4 is 35.0 Å². The lowest BCUT2D eigenvalue weighted by Crippen LogP contribution is -2.38. The molecule has 0 spiro atoms. The number of nitrogens with two attached hydrogens (primary N) is 1. The molecule has 11 heteroatoms. The van der Waals surface area contributed by atoms with Crippen molar-refractivity contribution in [2.75, 3.05) is 43.9 Å². The molecule has 3 aromatic rings. The highest BCUT2D eigenvalue weighted by Crippen LogP contribution is 2.31. The van der Waals surface area contributed by atoms with Crippen LogP contribution < -0.4 is 26.4 Å². The highest BCUT2D eigenvalue weighted by Gasteiger charge is 2.29. The maximum atomic E-state index is 12.5. The van der Waals surface area contributed by atoms with Crippen LogP contribution in [-0.2, 0) is 16.1 Å². The molecule has 4 rings (SSSR count). The second kappa shape index (κ2) is 16.2. The van der Waals surface area contributed by atoms with Gasteiger partial charge >= 0.3 is 0 Å². The first-order chi connectivity index (χ1) is 20.9. The Morgan fingerprint density at radius 3 is 2.41 bits per heavy atom. The molecule has 0 saturated carbocycles. The molecule has 44 heavy (non-hydrogen) atoms. The molecule has 6 N–H and O–H groups in total. The molecule has 0 unspecified atom stereocenters. The Kier molecular flexibility index (Phi) is 12.7. The van der Waals surface area contributed by atoms with Gasteiger partial charge in [0.05, 0.1) is 18.2 Å². The van der Waals surface area contributed by atoms with Gasteiger partial charge in [-0.05, 0) is 56.2 Å². The molecule has 1 fully saturated rings. The number of carbonyl (C=O) groups excluding carboxylic acids is 2. The number of aromatic nitrogens is 2. The zero-order chi connectivity index (χ0) is 32.2. The number of likely N-dealkylation sites (tertiary alicyclic amines) is 1. The Morgan fingerprint density at radius 1 is 1.09 bits per heavy atom. The monoisotopic (exact) mass is 607 g/mol. The van der Waals surface area contributed by atoms with E-state index in [1.165, 1.54) is 5.56 Å². The quantitative estimate of drug-likeness (QED) is 0.144. The summed E-state index contributed by atoms with van der Waals surface area (Å²) in [5.74, 6) is 2.01. The molecule has 1 aliphatic rings. The van der Waals surface area contributed by atoms with Gasteiger partial charge in [0.1, 0.15) is 11.6 Å². The predicted octanol–water partition coefficient (Wildman–Crippen LogP) is 3.92. The number of ether oxygens (including phenoxy) is 1. The Labute approximate surface area is 261 Å². The molecular weight excluding hydrogens is 558 g/mol. The number of hydrogen-bond acceptors (Lipinski definition) is 9. The first-order valence-electron chi connectivity index (χ1n) is 15.2. The number of amides is 2. The number of nitrogens with one attached hydrogen (secondary N) is 3. The Bertz CT molecular complexity index is 1340. The lowest BCUT2D eigenvalue weighted by atomic mass is 9.79. The van der Waals surface area contributed by atoms with Gasteiger partial charge in [-0.2, -0.15) is 4.98 Å². The maximum absolute atomic E-state index is 12.5. The van der Waals surface area contributed by atoms with Crippen LogP contribution in [0.5, 0.6) is 5.75 Å². The Hall–Kier alpha value is -3.96. The van der Waals surface area contributed by atoms with E-state index in [0.717, 1.165) is 54.9 Å². The molecule has 1 aliphatic heterocycles. The van der Waals surface area contributed by atoms with E-state index in [1.54, 1.807) is 21.0 Å². The number of methoxy groups -OCH3 is 1. The summed E-state index contributed by atoms with van der Waals surface area (Å²) in [5, 5.41) is 21.0. The van der Waals surface area contributed by atoms with Crippen LogP contribution in [0.4, 0.5) is 11.8 Å². The molecule has 0 bridgehead atoms. The van der Waals surface area contributed by atoms with Gasteiger partial charge < -0.3 is 31.5 Å². The van der Waals surface area contributed by atoms with E-state index >= 15 is 0 Å². The third kappa shape index (κ3) is 11.6. The van der Waals surface area contributed by atoms with Crippen molar-refractivity contribution in [3.63, 3.8) is 0 Å². The lowest BCUT2D eigenvalue weighted by Gasteiger charge is -2.32. The molecule has 0 radical (unpaired) electrons. The molecule has 2 amide bonds. The number of anilines is 2. The number of benzene rings is 2. The molecule has 1 aromatic heterocycles. The highest BCUT2D eigenvalue weighted by atomic mass is 16.5. The number of fused-ring (bicyclic) bond motifs is 1. The standard InChI is InChI=1S/C32H46N6O3.CH3NO/c1-31(2,22-32(3,4)40)20-28(39)33-15-16-34-30-36-27-19-25(41-5)11-12-26(27)29(37-30)35-24-13-17-38(18-14-24)21-23-9-7-6-8-10-23;2-1-3/h6-12,19,24,40H,13-18,20-22H2,1-5H3,(H,33,39)(H2,34,35,36,37);1H,(H2,2,3). The summed E-state index contributed by atoms with van der Waals surface area (Å²) < 4.78 is 5.44. The van der Waals surface area contributed by atoms with Crippen molar-refractivity contribution in [3.05, 3.63) is 54.1 Å². The fourth-order valence-corrected chi connectivity index (χ4v) is 5.80. The van der Waals surface area contributed by atoms with E-state index < -0.39 is 5.60 Å². The van der Waals surface area contributed by atoms with Crippen molar-refractivity contribution < 1.29 is 19.4 Å². The van der Waals surface area contributed by atoms with Crippen LogP contribution in [0.15, 0.2) is 48.5 Å². The fourth-order valence-electron chi connectivity index (χ4n) is 5.80. The van der Waals surface area contributed by atoms with Gasteiger partial charge in [-0.25, -0.2) is 4.98 Å². The van der Waals surface area contributed by atoms with Gasteiger partial charge in [0.25, 0.3) is 0 Å². The van der Waals surface area contributed by atoms with E-state index in [1.807, 2.05) is 32.0 Å². The summed E-state index contributed by atoms with van der Waals surface area (Å²) in [4.78, 5) is 33.2. The molecule has 0 atom stereocenters. The van der Waals surface area contributed by atoms with Crippen LogP contribution in [0, 0.1) is 5.41 Å². The summed E-state index contributed by atoms with van der Waals surface area (Å²) in [6.07, 6.45) is 3.21. The maximum Gasteiger partial charge on any atom is 0.225 e. The van der Waals surface area contributed by atoms with Crippen molar-refractivity contribution in [1.82, 2.24) is 20.2 Å². The van der Waals surface area contributed by atoms with Gasteiger partial charge in [-0.3, -0.25) is 14.5 Å². The number of carbonyl (C=O) groups is 2. The van der Waals surface area contributed by atoms with Gasteiger partial charge in [-0.15, -0.1) is 0 Å². The van der Waals surface area contributed by atoms with Crippen LogP contribution in [0.3, 0.4) is 0 Å². The minimum Gasteiger partial charge on any atom is -0.497 e. The second-order valence-corrected chi connectivity index (χ2v) is 12.7. The normalized spacial score (nSPS) is 14.3. The average Bonchev–Trinajstić information content (AvgIpc) is 2.95. The first-order valence-corrected chi connectivity index (χ1v) is 15.2. The average molecular weight is 608 g/mol. The van der Waals surface area contributed by atoms with Crippen molar-refractivity contribution in [1.29, 1.82) is 0 Å². The van der Waals surface area contributed by atoms with Gasteiger partial charge in [0.2, 0.25) is 18.3 Å². The van der Waals surface area contributed by atoms with Crippen LogP contribution in [0.1, 0.15) is 58.9 Å². The number of hydrogen-bond donors (Lipinski definition) is 5. The molecule has 11 nitrogen and oxygen atoms in total. The zero-order valence-electron chi connectivity index (χ0n) is 26.7. The summed E-state index contributed by atoms with van der Waals surface area (Å²) in [6.45, 7) is 11.5. The first kappa shape index (κ1) is 34.5. The highest BCUT2D eigenvalue weighted by molar-refractivity contribution is 5.91. The Balaban J connectivity index is 0.00000169. The number of nitrogens with zero attached hydrogens (tertiary/aromatic N) is 3. The fraction of sp³-hybridized carbons (Fsp3) is 0.515. The van der Waals surface area contributed by atoms with Crippen molar-refractivity contribution in [2.24, 2.45) is 11.1 Å². The Morgan fingerprint density at radius 2 is 1.77 bits per heavy atom. The molecule has 2 heterocycles. The van der Waals surface area contributed by atoms with Crippen LogP contribution in [0.2, 0.25) is 0 Å². The topological polar surface area (TPSA) is 155 Å².